The van der Waals surface area contributed by atoms with Gasteiger partial charge in [0.2, 0.25) is 0 Å². The van der Waals surface area contributed by atoms with E-state index in [4.69, 9.17) is 0 Å². The zero-order chi connectivity index (χ0) is 4.99. The predicted octanol–water partition coefficient (Wildman–Crippen LogP) is -3.68. The minimum Gasteiger partial charge on any atom is -0.545 e. The first-order valence-electron chi connectivity index (χ1n) is 1.61. The fourth-order valence-electron chi connectivity index (χ4n) is 0.136. The van der Waals surface area contributed by atoms with Crippen LogP contribution in [0.2, 0.25) is 0 Å². The molecular formula is C4H5KO2. The van der Waals surface area contributed by atoms with Crippen LogP contribution in [0.4, 0.5) is 0 Å². The first-order chi connectivity index (χ1) is 2.77. The molecule has 0 aromatic heterocycles. The van der Waals surface area contributed by atoms with E-state index in [0.717, 1.165) is 6.08 Å². The Kier molecular flexibility index (Phi) is 10.5. The van der Waals surface area contributed by atoms with Crippen molar-refractivity contribution in [2.24, 2.45) is 0 Å². The van der Waals surface area contributed by atoms with E-state index in [1.807, 2.05) is 0 Å². The standard InChI is InChI=1S/C4H6O2.K/c1-2-3-4(5)6;/h2-3H,1H3,(H,5,6);/q;+1/p-1. The van der Waals surface area contributed by atoms with Crippen LogP contribution in [0.25, 0.3) is 0 Å². The van der Waals surface area contributed by atoms with Gasteiger partial charge in [0.25, 0.3) is 0 Å². The molecule has 2 nitrogen and oxygen atoms in total. The second-order valence-electron chi connectivity index (χ2n) is 0.819. The molecule has 0 spiro atoms. The Hall–Kier alpha value is 0.846. The van der Waals surface area contributed by atoms with Crippen molar-refractivity contribution >= 4 is 5.97 Å². The van der Waals surface area contributed by atoms with Crippen molar-refractivity contribution in [3.8, 4) is 0 Å². The number of hydrogen-bond donors (Lipinski definition) is 0. The smallest absolute Gasteiger partial charge is 0.545 e. The molecule has 7 heavy (non-hydrogen) atoms. The Balaban J connectivity index is 0. The molecule has 0 rings (SSSR count). The number of rotatable bonds is 1. The van der Waals surface area contributed by atoms with Gasteiger partial charge in [0, 0.05) is 0 Å². The summed E-state index contributed by atoms with van der Waals surface area (Å²) < 4.78 is 0. The zero-order valence-corrected chi connectivity index (χ0v) is 7.59. The van der Waals surface area contributed by atoms with E-state index < -0.39 is 5.97 Å². The quantitative estimate of drug-likeness (QED) is 0.267. The zero-order valence-electron chi connectivity index (χ0n) is 4.47. The molecule has 0 saturated heterocycles. The van der Waals surface area contributed by atoms with E-state index in [0.29, 0.717) is 0 Å². The van der Waals surface area contributed by atoms with Gasteiger partial charge in [-0.1, -0.05) is 6.08 Å². The molecule has 0 aliphatic heterocycles. The molecular weight excluding hydrogens is 119 g/mol. The summed E-state index contributed by atoms with van der Waals surface area (Å²) in [6, 6.07) is 0. The van der Waals surface area contributed by atoms with Crippen molar-refractivity contribution < 1.29 is 61.3 Å². The Labute approximate surface area is 85.0 Å². The summed E-state index contributed by atoms with van der Waals surface area (Å²) in [6.07, 6.45) is 2.38. The van der Waals surface area contributed by atoms with Crippen molar-refractivity contribution in [1.29, 1.82) is 0 Å². The summed E-state index contributed by atoms with van der Waals surface area (Å²) in [5.41, 5.74) is 0. The number of allylic oxidation sites excluding steroid dienone is 1. The van der Waals surface area contributed by atoms with Gasteiger partial charge in [0.1, 0.15) is 0 Å². The van der Waals surface area contributed by atoms with Gasteiger partial charge in [0.05, 0.1) is 5.97 Å². The number of carbonyl (C=O) groups excluding carboxylic acids is 1. The van der Waals surface area contributed by atoms with Crippen molar-refractivity contribution in [2.45, 2.75) is 6.92 Å². The van der Waals surface area contributed by atoms with Crippen LogP contribution in [-0.4, -0.2) is 5.97 Å². The van der Waals surface area contributed by atoms with E-state index >= 15 is 0 Å². The minimum absolute atomic E-state index is 0. The molecule has 0 unspecified atom stereocenters. The number of carboxylic acids is 1. The summed E-state index contributed by atoms with van der Waals surface area (Å²) in [4.78, 5) is 9.40. The monoisotopic (exact) mass is 124 g/mol. The summed E-state index contributed by atoms with van der Waals surface area (Å²) in [5.74, 6) is -1.14. The number of carboxylic acid groups (broad SMARTS) is 1. The summed E-state index contributed by atoms with van der Waals surface area (Å²) in [7, 11) is 0. The van der Waals surface area contributed by atoms with E-state index in [-0.39, 0.29) is 51.4 Å². The fraction of sp³-hybridized carbons (Fsp3) is 0.250. The molecule has 34 valence electrons. The van der Waals surface area contributed by atoms with Gasteiger partial charge in [0.15, 0.2) is 0 Å². The van der Waals surface area contributed by atoms with Crippen LogP contribution in [0.15, 0.2) is 12.2 Å². The van der Waals surface area contributed by atoms with Crippen LogP contribution in [0, 0.1) is 0 Å². The summed E-state index contributed by atoms with van der Waals surface area (Å²) in [5, 5.41) is 9.40. The third-order valence-electron chi connectivity index (χ3n) is 0.303. The summed E-state index contributed by atoms with van der Waals surface area (Å²) in [6.45, 7) is 1.62. The minimum atomic E-state index is -1.14. The average molecular weight is 124 g/mol. The number of carbonyl (C=O) groups is 1. The van der Waals surface area contributed by atoms with Crippen molar-refractivity contribution in [3.05, 3.63) is 12.2 Å². The first kappa shape index (κ1) is 10.8. The molecule has 0 aliphatic carbocycles. The third-order valence-corrected chi connectivity index (χ3v) is 0.303. The second-order valence-corrected chi connectivity index (χ2v) is 0.819. The Morgan fingerprint density at radius 3 is 2.14 bits per heavy atom. The molecule has 0 saturated carbocycles. The topological polar surface area (TPSA) is 40.1 Å². The van der Waals surface area contributed by atoms with E-state index in [9.17, 15) is 9.90 Å². The van der Waals surface area contributed by atoms with Crippen LogP contribution >= 0.6 is 0 Å². The summed E-state index contributed by atoms with van der Waals surface area (Å²) >= 11 is 0. The second kappa shape index (κ2) is 6.85. The molecule has 0 aromatic carbocycles. The molecule has 0 bridgehead atoms. The normalized spacial score (nSPS) is 8.14. The molecule has 0 N–H and O–H groups in total. The first-order valence-corrected chi connectivity index (χ1v) is 1.61. The fourth-order valence-corrected chi connectivity index (χ4v) is 0.136. The maximum Gasteiger partial charge on any atom is 1.00 e. The van der Waals surface area contributed by atoms with Crippen LogP contribution in [0.3, 0.4) is 0 Å². The van der Waals surface area contributed by atoms with E-state index in [1.165, 1.54) is 6.08 Å². The van der Waals surface area contributed by atoms with Crippen LogP contribution in [0.1, 0.15) is 6.92 Å². The maximum atomic E-state index is 9.40. The van der Waals surface area contributed by atoms with E-state index in [1.54, 1.807) is 6.92 Å². The third kappa shape index (κ3) is 10.9. The molecule has 0 radical (unpaired) electrons. The van der Waals surface area contributed by atoms with Gasteiger partial charge in [-0.15, -0.1) is 0 Å². The molecule has 0 heterocycles. The predicted molar refractivity (Wildman–Crippen MR) is 19.8 cm³/mol. The van der Waals surface area contributed by atoms with Crippen LogP contribution in [-0.2, 0) is 4.79 Å². The van der Waals surface area contributed by atoms with Gasteiger partial charge in [-0.05, 0) is 13.0 Å². The average Bonchev–Trinajstić information content (AvgIpc) is 1.35. The molecule has 0 amide bonds. The van der Waals surface area contributed by atoms with Gasteiger partial charge >= 0.3 is 51.4 Å². The largest absolute Gasteiger partial charge is 1.00 e. The van der Waals surface area contributed by atoms with Crippen LogP contribution in [0.5, 0.6) is 0 Å². The van der Waals surface area contributed by atoms with Gasteiger partial charge in [-0.2, -0.15) is 0 Å². The molecule has 0 atom stereocenters. The maximum absolute atomic E-state index is 9.40. The molecule has 0 aromatic rings. The van der Waals surface area contributed by atoms with Crippen LogP contribution < -0.4 is 56.5 Å². The number of aliphatic carboxylic acids is 1. The van der Waals surface area contributed by atoms with Crippen molar-refractivity contribution in [3.63, 3.8) is 0 Å². The Bertz CT molecular complexity index is 77.8. The van der Waals surface area contributed by atoms with Crippen molar-refractivity contribution in [2.75, 3.05) is 0 Å². The van der Waals surface area contributed by atoms with Gasteiger partial charge < -0.3 is 9.90 Å². The van der Waals surface area contributed by atoms with Gasteiger partial charge in [-0.3, -0.25) is 0 Å². The van der Waals surface area contributed by atoms with Gasteiger partial charge in [-0.25, -0.2) is 0 Å². The van der Waals surface area contributed by atoms with E-state index in [2.05, 4.69) is 0 Å². The Morgan fingerprint density at radius 2 is 2.14 bits per heavy atom. The van der Waals surface area contributed by atoms with Crippen molar-refractivity contribution in [1.82, 2.24) is 0 Å². The Morgan fingerprint density at radius 1 is 1.71 bits per heavy atom. The molecule has 0 fully saturated rings. The molecule has 0 aliphatic rings. The number of hydrogen-bond acceptors (Lipinski definition) is 2. The SMILES string of the molecule is CC=CC(=O)[O-].[K+]. The molecule has 3 heteroatoms.